The molecule has 0 amide bonds. The first-order valence-corrected chi connectivity index (χ1v) is 5.97. The van der Waals surface area contributed by atoms with Gasteiger partial charge in [0.2, 0.25) is 0 Å². The molecular weight excluding hydrogens is 239 g/mol. The van der Waals surface area contributed by atoms with Crippen molar-refractivity contribution in [2.24, 2.45) is 5.92 Å². The van der Waals surface area contributed by atoms with Crippen LogP contribution in [0.3, 0.4) is 0 Å². The molecule has 1 aliphatic carbocycles. The fourth-order valence-electron chi connectivity index (χ4n) is 2.71. The highest BCUT2D eigenvalue weighted by Gasteiger charge is 2.47. The van der Waals surface area contributed by atoms with Gasteiger partial charge in [-0.2, -0.15) is 13.2 Å². The Kier molecular flexibility index (Phi) is 3.23. The molecule has 92 valence electrons. The lowest BCUT2D eigenvalue weighted by atomic mass is 9.75. The summed E-state index contributed by atoms with van der Waals surface area (Å²) >= 11 is 6.18. The van der Waals surface area contributed by atoms with Crippen LogP contribution in [0, 0.1) is 5.92 Å². The van der Waals surface area contributed by atoms with Crippen LogP contribution in [0.2, 0.25) is 0 Å². The third-order valence-corrected chi connectivity index (χ3v) is 4.29. The average Bonchev–Trinajstić information content (AvgIpc) is 2.22. The smallest absolute Gasteiger partial charge is 0.303 e. The van der Waals surface area contributed by atoms with Crippen LogP contribution in [0.4, 0.5) is 13.2 Å². The Balaban J connectivity index is 2.04. The Morgan fingerprint density at radius 3 is 2.56 bits per heavy atom. The van der Waals surface area contributed by atoms with Gasteiger partial charge in [-0.3, -0.25) is 0 Å². The summed E-state index contributed by atoms with van der Waals surface area (Å²) in [4.78, 5) is 0. The highest BCUT2D eigenvalue weighted by Crippen LogP contribution is 2.40. The second-order valence-electron chi connectivity index (χ2n) is 4.71. The molecule has 0 radical (unpaired) electrons. The number of hydrogen-bond acceptors (Lipinski definition) is 1. The number of piperidine rings is 1. The van der Waals surface area contributed by atoms with Crippen molar-refractivity contribution in [3.8, 4) is 0 Å². The van der Waals surface area contributed by atoms with Gasteiger partial charge in [-0.1, -0.05) is 12.2 Å². The fourth-order valence-corrected chi connectivity index (χ4v) is 3.12. The van der Waals surface area contributed by atoms with Crippen molar-refractivity contribution < 1.29 is 13.2 Å². The molecule has 0 aromatic heterocycles. The molecule has 1 nitrogen and oxygen atoms in total. The lowest BCUT2D eigenvalue weighted by Gasteiger charge is -2.43. The Bertz CT molecular complexity index is 289. The summed E-state index contributed by atoms with van der Waals surface area (Å²) in [5.74, 6) is 0.113. The summed E-state index contributed by atoms with van der Waals surface area (Å²) in [6.45, 7) is 3.87. The minimum absolute atomic E-state index is 0.103. The molecule has 1 heterocycles. The lowest BCUT2D eigenvalue weighted by molar-refractivity contribution is -0.166. The number of halogens is 4. The number of fused-ring (bicyclic) bond motifs is 1. The number of alkyl halides is 4. The molecule has 2 fully saturated rings. The van der Waals surface area contributed by atoms with E-state index < -0.39 is 12.2 Å². The Morgan fingerprint density at radius 2 is 1.94 bits per heavy atom. The largest absolute Gasteiger partial charge is 0.403 e. The van der Waals surface area contributed by atoms with Crippen LogP contribution in [0.25, 0.3) is 0 Å². The van der Waals surface area contributed by atoms with E-state index in [2.05, 4.69) is 11.9 Å². The van der Waals surface area contributed by atoms with Crippen molar-refractivity contribution >= 4 is 11.6 Å². The fraction of sp³-hybridized carbons (Fsp3) is 0.818. The van der Waals surface area contributed by atoms with E-state index in [9.17, 15) is 13.2 Å². The third kappa shape index (κ3) is 2.23. The van der Waals surface area contributed by atoms with Crippen LogP contribution in [-0.2, 0) is 0 Å². The molecule has 1 saturated heterocycles. The van der Waals surface area contributed by atoms with E-state index in [1.54, 1.807) is 0 Å². The standard InChI is InChI=1S/C11H15ClF3N/c1-6-2-4-8-7(10(6)12)3-5-9(16-8)11(13,14)15/h7-10,16H,1-5H2. The second kappa shape index (κ2) is 4.22. The lowest BCUT2D eigenvalue weighted by Crippen LogP contribution is -2.57. The predicted octanol–water partition coefficient (Wildman–Crippen LogP) is 3.24. The molecule has 2 aliphatic rings. The highest BCUT2D eigenvalue weighted by atomic mass is 35.5. The molecule has 1 aliphatic heterocycles. The SMILES string of the molecule is C=C1CCC2NC(C(F)(F)F)CCC2C1Cl. The van der Waals surface area contributed by atoms with Gasteiger partial charge < -0.3 is 5.32 Å². The molecule has 0 aromatic carbocycles. The topological polar surface area (TPSA) is 12.0 Å². The van der Waals surface area contributed by atoms with Crippen LogP contribution in [0.1, 0.15) is 25.7 Å². The van der Waals surface area contributed by atoms with Crippen LogP contribution in [-0.4, -0.2) is 23.6 Å². The van der Waals surface area contributed by atoms with Crippen LogP contribution in [0.5, 0.6) is 0 Å². The zero-order chi connectivity index (χ0) is 11.9. The molecule has 4 atom stereocenters. The van der Waals surface area contributed by atoms with Gasteiger partial charge in [-0.15, -0.1) is 11.6 Å². The van der Waals surface area contributed by atoms with Crippen LogP contribution in [0.15, 0.2) is 12.2 Å². The van der Waals surface area contributed by atoms with Gasteiger partial charge in [-0.05, 0) is 31.6 Å². The van der Waals surface area contributed by atoms with Crippen molar-refractivity contribution in [1.82, 2.24) is 5.32 Å². The molecule has 0 bridgehead atoms. The minimum atomic E-state index is -4.14. The Morgan fingerprint density at radius 1 is 1.25 bits per heavy atom. The normalized spacial score (nSPS) is 40.6. The van der Waals surface area contributed by atoms with Gasteiger partial charge in [-0.25, -0.2) is 0 Å². The third-order valence-electron chi connectivity index (χ3n) is 3.66. The maximum atomic E-state index is 12.6. The summed E-state index contributed by atoms with van der Waals surface area (Å²) in [6, 6.07) is -1.46. The van der Waals surface area contributed by atoms with Gasteiger partial charge >= 0.3 is 6.18 Å². The van der Waals surface area contributed by atoms with Gasteiger partial charge in [0, 0.05) is 6.04 Å². The summed E-state index contributed by atoms with van der Waals surface area (Å²) < 4.78 is 37.7. The van der Waals surface area contributed by atoms with Gasteiger partial charge in [0.15, 0.2) is 0 Å². The molecule has 16 heavy (non-hydrogen) atoms. The first kappa shape index (κ1) is 12.2. The summed E-state index contributed by atoms with van der Waals surface area (Å²) in [6.07, 6.45) is -2.02. The first-order valence-electron chi connectivity index (χ1n) is 5.54. The minimum Gasteiger partial charge on any atom is -0.303 e. The number of hydrogen-bond donors (Lipinski definition) is 1. The second-order valence-corrected chi connectivity index (χ2v) is 5.18. The predicted molar refractivity (Wildman–Crippen MR) is 57.5 cm³/mol. The molecule has 1 saturated carbocycles. The number of nitrogens with one attached hydrogen (secondary N) is 1. The zero-order valence-corrected chi connectivity index (χ0v) is 9.61. The number of allylic oxidation sites excluding steroid dienone is 1. The maximum absolute atomic E-state index is 12.6. The molecule has 0 aromatic rings. The van der Waals surface area contributed by atoms with E-state index >= 15 is 0 Å². The maximum Gasteiger partial charge on any atom is 0.403 e. The Hall–Kier alpha value is -0.220. The molecule has 2 rings (SSSR count). The molecule has 0 spiro atoms. The van der Waals surface area contributed by atoms with E-state index in [0.717, 1.165) is 18.4 Å². The summed E-state index contributed by atoms with van der Waals surface area (Å²) in [5, 5.41) is 2.53. The molecular formula is C11H15ClF3N. The quantitative estimate of drug-likeness (QED) is 0.516. The van der Waals surface area contributed by atoms with Crippen LogP contribution >= 0.6 is 11.6 Å². The summed E-state index contributed by atoms with van der Waals surface area (Å²) in [5.41, 5.74) is 0.968. The highest BCUT2D eigenvalue weighted by molar-refractivity contribution is 6.22. The van der Waals surface area contributed by atoms with Gasteiger partial charge in [0.25, 0.3) is 0 Å². The van der Waals surface area contributed by atoms with E-state index in [-0.39, 0.29) is 23.8 Å². The van der Waals surface area contributed by atoms with Gasteiger partial charge in [0.1, 0.15) is 6.04 Å². The monoisotopic (exact) mass is 253 g/mol. The van der Waals surface area contributed by atoms with Crippen molar-refractivity contribution in [3.63, 3.8) is 0 Å². The zero-order valence-electron chi connectivity index (χ0n) is 8.86. The van der Waals surface area contributed by atoms with Crippen molar-refractivity contribution in [1.29, 1.82) is 0 Å². The van der Waals surface area contributed by atoms with Crippen molar-refractivity contribution in [2.45, 2.75) is 49.3 Å². The Labute approximate surface area is 98.0 Å². The average molecular weight is 254 g/mol. The van der Waals surface area contributed by atoms with E-state index in [1.165, 1.54) is 0 Å². The molecule has 4 unspecified atom stereocenters. The van der Waals surface area contributed by atoms with Crippen LogP contribution < -0.4 is 5.32 Å². The number of rotatable bonds is 0. The van der Waals surface area contributed by atoms with Gasteiger partial charge in [0.05, 0.1) is 5.38 Å². The summed E-state index contributed by atoms with van der Waals surface area (Å²) in [7, 11) is 0. The molecule has 5 heteroatoms. The van der Waals surface area contributed by atoms with Crippen molar-refractivity contribution in [2.75, 3.05) is 0 Å². The molecule has 1 N–H and O–H groups in total. The van der Waals surface area contributed by atoms with E-state index in [4.69, 9.17) is 11.6 Å². The first-order chi connectivity index (χ1) is 7.39. The van der Waals surface area contributed by atoms with E-state index in [0.29, 0.717) is 6.42 Å². The van der Waals surface area contributed by atoms with Crippen molar-refractivity contribution in [3.05, 3.63) is 12.2 Å². The van der Waals surface area contributed by atoms with E-state index in [1.807, 2.05) is 0 Å².